The van der Waals surface area contributed by atoms with Crippen LogP contribution in [0, 0.1) is 13.8 Å². The van der Waals surface area contributed by atoms with E-state index in [-0.39, 0.29) is 0 Å². The summed E-state index contributed by atoms with van der Waals surface area (Å²) in [5.74, 6) is 0. The fourth-order valence-electron chi connectivity index (χ4n) is 2.18. The number of pyridine rings is 1. The van der Waals surface area contributed by atoms with Crippen molar-refractivity contribution in [2.75, 3.05) is 13.1 Å². The fraction of sp³-hybridized carbons (Fsp3) is 0.615. The molecule has 0 aliphatic carbocycles. The van der Waals surface area contributed by atoms with Gasteiger partial charge in [-0.1, -0.05) is 0 Å². The highest BCUT2D eigenvalue weighted by Crippen LogP contribution is 2.12. The maximum atomic E-state index is 5.91. The molecule has 2 rings (SSSR count). The first-order chi connectivity index (χ1) is 8.74. The zero-order valence-corrected chi connectivity index (χ0v) is 14.0. The number of nitrogens with one attached hydrogen (secondary N) is 1. The Morgan fingerprint density at radius 2 is 1.83 bits per heavy atom. The molecule has 0 aromatic carbocycles. The summed E-state index contributed by atoms with van der Waals surface area (Å²) in [6.07, 6.45) is 2.68. The molecule has 1 fully saturated rings. The van der Waals surface area contributed by atoms with Crippen molar-refractivity contribution in [2.24, 2.45) is 0 Å². The van der Waals surface area contributed by atoms with Gasteiger partial charge in [0.2, 0.25) is 0 Å². The molecule has 0 saturated carbocycles. The molecule has 1 N–H and O–H groups in total. The van der Waals surface area contributed by atoms with E-state index in [0.717, 1.165) is 43.9 Å². The SMILES string of the molecule is Cc1cc(COC2CCNCC2)cc(C)n1.SI. The molecule has 2 heterocycles. The topological polar surface area (TPSA) is 34.1 Å². The minimum absolute atomic E-state index is 0.426. The third kappa shape index (κ3) is 5.86. The first-order valence-corrected chi connectivity index (χ1v) is 9.41. The van der Waals surface area contributed by atoms with Gasteiger partial charge in [-0.2, -0.15) is 0 Å². The highest BCUT2D eigenvalue weighted by Gasteiger charge is 2.13. The minimum Gasteiger partial charge on any atom is -0.373 e. The van der Waals surface area contributed by atoms with Gasteiger partial charge in [0.05, 0.1) is 12.7 Å². The summed E-state index contributed by atoms with van der Waals surface area (Å²) in [4.78, 5) is 4.36. The van der Waals surface area contributed by atoms with Gasteiger partial charge in [0, 0.05) is 11.4 Å². The van der Waals surface area contributed by atoms with Crippen molar-refractivity contribution in [3.05, 3.63) is 29.1 Å². The first-order valence-electron chi connectivity index (χ1n) is 6.17. The summed E-state index contributed by atoms with van der Waals surface area (Å²) in [7, 11) is 3.50. The smallest absolute Gasteiger partial charge is 0.0721 e. The molecule has 0 amide bonds. The summed E-state index contributed by atoms with van der Waals surface area (Å²) in [6, 6.07) is 4.21. The van der Waals surface area contributed by atoms with Crippen LogP contribution >= 0.6 is 31.0 Å². The summed E-state index contributed by atoms with van der Waals surface area (Å²) in [6.45, 7) is 6.94. The second kappa shape index (κ2) is 9.12. The van der Waals surface area contributed by atoms with Crippen LogP contribution in [0.4, 0.5) is 0 Å². The van der Waals surface area contributed by atoms with Gasteiger partial charge >= 0.3 is 0 Å². The summed E-state index contributed by atoms with van der Waals surface area (Å²) in [5.41, 5.74) is 3.39. The predicted molar refractivity (Wildman–Crippen MR) is 87.4 cm³/mol. The molecule has 3 nitrogen and oxygen atoms in total. The van der Waals surface area contributed by atoms with E-state index in [1.807, 2.05) is 35.1 Å². The molecule has 0 spiro atoms. The summed E-state index contributed by atoms with van der Waals surface area (Å²) >= 11 is 1.84. The van der Waals surface area contributed by atoms with Crippen LogP contribution in [-0.4, -0.2) is 24.2 Å². The molecule has 0 unspecified atom stereocenters. The second-order valence-corrected chi connectivity index (χ2v) is 4.52. The second-order valence-electron chi connectivity index (χ2n) is 4.52. The Hall–Kier alpha value is 0.150. The number of hydrogen-bond donors (Lipinski definition) is 2. The molecule has 102 valence electrons. The highest BCUT2D eigenvalue weighted by atomic mass is 127. The van der Waals surface area contributed by atoms with E-state index in [1.54, 1.807) is 0 Å². The molecule has 18 heavy (non-hydrogen) atoms. The van der Waals surface area contributed by atoms with Crippen LogP contribution < -0.4 is 5.32 Å². The maximum Gasteiger partial charge on any atom is 0.0721 e. The number of aromatic nitrogens is 1. The Bertz CT molecular complexity index is 337. The average Bonchev–Trinajstić information content (AvgIpc) is 2.39. The third-order valence-electron chi connectivity index (χ3n) is 2.91. The largest absolute Gasteiger partial charge is 0.373 e. The van der Waals surface area contributed by atoms with Crippen molar-refractivity contribution in [2.45, 2.75) is 39.4 Å². The fourth-order valence-corrected chi connectivity index (χ4v) is 2.18. The van der Waals surface area contributed by atoms with E-state index in [9.17, 15) is 0 Å². The number of halogens is 1. The molecule has 0 radical (unpaired) electrons. The molecular formula is C13H21IN2OS. The number of nitrogens with zero attached hydrogens (tertiary/aromatic N) is 1. The number of thiol groups is 1. The van der Waals surface area contributed by atoms with Gasteiger partial charge < -0.3 is 10.1 Å². The monoisotopic (exact) mass is 380 g/mol. The molecular weight excluding hydrogens is 359 g/mol. The van der Waals surface area contributed by atoms with E-state index in [2.05, 4.69) is 32.2 Å². The Morgan fingerprint density at radius 3 is 2.39 bits per heavy atom. The molecule has 0 atom stereocenters. The lowest BCUT2D eigenvalue weighted by Crippen LogP contribution is -2.32. The van der Waals surface area contributed by atoms with Crippen LogP contribution in [-0.2, 0) is 11.3 Å². The summed E-state index contributed by atoms with van der Waals surface area (Å²) in [5, 5.41) is 3.34. The van der Waals surface area contributed by atoms with Crippen molar-refractivity contribution >= 4 is 31.0 Å². The van der Waals surface area contributed by atoms with E-state index in [0.29, 0.717) is 6.10 Å². The quantitative estimate of drug-likeness (QED) is 0.624. The number of rotatable bonds is 3. The van der Waals surface area contributed by atoms with Crippen LogP contribution in [0.3, 0.4) is 0 Å². The lowest BCUT2D eigenvalue weighted by molar-refractivity contribution is 0.0211. The Balaban J connectivity index is 0.000000771. The van der Waals surface area contributed by atoms with Crippen molar-refractivity contribution < 1.29 is 4.74 Å². The lowest BCUT2D eigenvalue weighted by atomic mass is 10.1. The number of hydrogen-bond acceptors (Lipinski definition) is 4. The van der Waals surface area contributed by atoms with E-state index < -0.39 is 0 Å². The van der Waals surface area contributed by atoms with Crippen LogP contribution in [0.1, 0.15) is 29.8 Å². The van der Waals surface area contributed by atoms with Gasteiger partial charge in [0.1, 0.15) is 0 Å². The molecule has 0 bridgehead atoms. The van der Waals surface area contributed by atoms with E-state index in [4.69, 9.17) is 4.74 Å². The average molecular weight is 380 g/mol. The minimum atomic E-state index is 0.426. The maximum absolute atomic E-state index is 5.91. The molecule has 1 aromatic rings. The molecule has 1 aromatic heterocycles. The summed E-state index contributed by atoms with van der Waals surface area (Å²) < 4.78 is 5.91. The standard InChI is InChI=1S/C13H20N2O.HIS/c1-10-7-12(8-11(2)15-10)9-16-13-3-5-14-6-4-13;1-2/h7-8,13-14H,3-6,9H2,1-2H3;2H. The van der Waals surface area contributed by atoms with Crippen LogP contribution in [0.15, 0.2) is 12.1 Å². The van der Waals surface area contributed by atoms with Crippen LogP contribution in [0.5, 0.6) is 0 Å². The van der Waals surface area contributed by atoms with Gasteiger partial charge in [-0.05, 0) is 78.7 Å². The Morgan fingerprint density at radius 1 is 1.28 bits per heavy atom. The molecule has 1 aliphatic heterocycles. The first kappa shape index (κ1) is 16.2. The Kier molecular flexibility index (Phi) is 8.21. The molecule has 1 aliphatic rings. The van der Waals surface area contributed by atoms with Gasteiger partial charge in [-0.25, -0.2) is 0 Å². The van der Waals surface area contributed by atoms with Gasteiger partial charge in [-0.15, -0.1) is 9.80 Å². The third-order valence-corrected chi connectivity index (χ3v) is 2.91. The highest BCUT2D eigenvalue weighted by molar-refractivity contribution is 14.2. The van der Waals surface area contributed by atoms with Crippen molar-refractivity contribution in [3.8, 4) is 0 Å². The zero-order chi connectivity index (χ0) is 13.4. The number of aryl methyl sites for hydroxylation is 2. The normalized spacial score (nSPS) is 16.0. The van der Waals surface area contributed by atoms with Crippen molar-refractivity contribution in [1.29, 1.82) is 0 Å². The molecule has 5 heteroatoms. The molecule has 1 saturated heterocycles. The van der Waals surface area contributed by atoms with Gasteiger partial charge in [0.25, 0.3) is 0 Å². The number of piperidine rings is 1. The van der Waals surface area contributed by atoms with E-state index in [1.165, 1.54) is 5.56 Å². The Labute approximate surface area is 127 Å². The lowest BCUT2D eigenvalue weighted by Gasteiger charge is -2.23. The van der Waals surface area contributed by atoms with Crippen LogP contribution in [0.25, 0.3) is 0 Å². The zero-order valence-electron chi connectivity index (χ0n) is 10.9. The number of ether oxygens (including phenoxy) is 1. The van der Waals surface area contributed by atoms with Crippen molar-refractivity contribution in [1.82, 2.24) is 10.3 Å². The van der Waals surface area contributed by atoms with Gasteiger partial charge in [0.15, 0.2) is 0 Å². The predicted octanol–water partition coefficient (Wildman–Crippen LogP) is 3.23. The van der Waals surface area contributed by atoms with Gasteiger partial charge in [-0.3, -0.25) is 4.98 Å². The van der Waals surface area contributed by atoms with Crippen LogP contribution in [0.2, 0.25) is 0 Å². The van der Waals surface area contributed by atoms with Crippen molar-refractivity contribution in [3.63, 3.8) is 0 Å². The van der Waals surface area contributed by atoms with E-state index >= 15 is 0 Å².